The summed E-state index contributed by atoms with van der Waals surface area (Å²) >= 11 is 0. The second-order valence-electron chi connectivity index (χ2n) is 26.4. The zero-order valence-electron chi connectivity index (χ0n) is 55.1. The Balaban J connectivity index is 1.56. The van der Waals surface area contributed by atoms with Crippen molar-refractivity contribution in [2.45, 2.75) is 428 Å². The molecule has 0 aromatic rings. The van der Waals surface area contributed by atoms with Gasteiger partial charge in [-0.2, -0.15) is 0 Å². The number of unbranched alkanes of at least 4 members (excludes halogenated alkanes) is 49. The molecule has 85 heavy (non-hydrogen) atoms. The predicted molar refractivity (Wildman–Crippen MR) is 346 cm³/mol. The molecule has 0 bridgehead atoms. The normalized spacial score (nSPS) is 23.4. The van der Waals surface area contributed by atoms with Crippen molar-refractivity contribution < 1.29 is 64.6 Å². The van der Waals surface area contributed by atoms with Gasteiger partial charge in [-0.15, -0.1) is 0 Å². The summed E-state index contributed by atoms with van der Waals surface area (Å²) in [6.45, 7) is 2.92. The lowest BCUT2D eigenvalue weighted by Gasteiger charge is -2.46. The Morgan fingerprint density at radius 2 is 0.671 bits per heavy atom. The number of nitrogens with one attached hydrogen (secondary N) is 1. The molecule has 0 aliphatic carbocycles. The standard InChI is InChI=1S/C71H139NO13/c1-3-5-7-9-11-13-15-17-19-20-21-22-23-24-25-26-27-28-29-30-31-32-33-34-35-36-37-38-39-41-43-45-47-49-51-53-55-63(76)72-59(60(75)54-52-50-48-46-44-42-40-18-16-14-12-10-8-6-4-2)58-82-70-68(81)66(79)69(62(57-74)84-70)85-71-67(80)65(78)64(77)61(56-73)83-71/h59-62,64-71,73-75,77-81H,3-58H2,1-2H3,(H,72,76)/t59-,60+,61+,62+,64-,65?,66?,67?,68?,69+,70+,71-/m0/s1. The van der Waals surface area contributed by atoms with E-state index in [0.717, 1.165) is 51.4 Å². The van der Waals surface area contributed by atoms with Gasteiger partial charge in [0.05, 0.1) is 32.0 Å². The van der Waals surface area contributed by atoms with Gasteiger partial charge in [-0.3, -0.25) is 4.79 Å². The predicted octanol–water partition coefficient (Wildman–Crippen LogP) is 15.2. The third kappa shape index (κ3) is 41.2. The Kier molecular flexibility index (Phi) is 53.6. The SMILES string of the molecule is CCCCCCCCCCCCCCCCCCCCCCCCCCCCCCCCCCCCCCC(=O)N[C@@H](CO[C@@H]1O[C@H](CO)[C@@H](O[C@@H]2O[C@H](CO)[C@H](O)C(O)C2O)C(O)C1O)[C@H](O)CCCCCCCCCCCCCCCCC. The van der Waals surface area contributed by atoms with Crippen molar-refractivity contribution in [3.8, 4) is 0 Å². The van der Waals surface area contributed by atoms with Crippen molar-refractivity contribution in [3.05, 3.63) is 0 Å². The summed E-state index contributed by atoms with van der Waals surface area (Å²) in [7, 11) is 0. The van der Waals surface area contributed by atoms with Crippen molar-refractivity contribution in [1.82, 2.24) is 5.32 Å². The Morgan fingerprint density at radius 3 is 1.00 bits per heavy atom. The van der Waals surface area contributed by atoms with E-state index >= 15 is 0 Å². The second-order valence-corrected chi connectivity index (χ2v) is 26.4. The lowest BCUT2D eigenvalue weighted by molar-refractivity contribution is -0.359. The van der Waals surface area contributed by atoms with E-state index in [2.05, 4.69) is 19.2 Å². The van der Waals surface area contributed by atoms with Crippen LogP contribution in [0.25, 0.3) is 0 Å². The maximum absolute atomic E-state index is 13.3. The van der Waals surface area contributed by atoms with Gasteiger partial charge in [-0.1, -0.05) is 335 Å². The maximum atomic E-state index is 13.3. The topological polar surface area (TPSA) is 228 Å². The second kappa shape index (κ2) is 56.9. The van der Waals surface area contributed by atoms with Gasteiger partial charge in [-0.25, -0.2) is 0 Å². The molecule has 2 saturated heterocycles. The summed E-state index contributed by atoms with van der Waals surface area (Å²) < 4.78 is 22.9. The lowest BCUT2D eigenvalue weighted by Crippen LogP contribution is -2.65. The summed E-state index contributed by atoms with van der Waals surface area (Å²) in [5, 5.41) is 87.5. The van der Waals surface area contributed by atoms with Crippen molar-refractivity contribution in [2.75, 3.05) is 19.8 Å². The molecule has 0 saturated carbocycles. The molecule has 2 aliphatic rings. The summed E-state index contributed by atoms with van der Waals surface area (Å²) in [6.07, 6.45) is 51.5. The molecule has 2 heterocycles. The first-order valence-electron chi connectivity index (χ1n) is 36.8. The van der Waals surface area contributed by atoms with Crippen molar-refractivity contribution in [2.24, 2.45) is 0 Å². The number of ether oxygens (including phenoxy) is 4. The molecule has 0 aromatic carbocycles. The molecule has 2 aliphatic heterocycles. The maximum Gasteiger partial charge on any atom is 0.220 e. The molecule has 0 spiro atoms. The van der Waals surface area contributed by atoms with E-state index in [4.69, 9.17) is 18.9 Å². The highest BCUT2D eigenvalue weighted by molar-refractivity contribution is 5.76. The number of aliphatic hydroxyl groups is 8. The molecule has 4 unspecified atom stereocenters. The fourth-order valence-electron chi connectivity index (χ4n) is 12.7. The Bertz CT molecular complexity index is 1430. The largest absolute Gasteiger partial charge is 0.394 e. The minimum Gasteiger partial charge on any atom is -0.394 e. The monoisotopic (exact) mass is 1210 g/mol. The summed E-state index contributed by atoms with van der Waals surface area (Å²) in [4.78, 5) is 13.3. The van der Waals surface area contributed by atoms with E-state index in [0.29, 0.717) is 12.8 Å². The van der Waals surface area contributed by atoms with Crippen LogP contribution in [0.5, 0.6) is 0 Å². The molecule has 2 fully saturated rings. The molecule has 0 radical (unpaired) electrons. The van der Waals surface area contributed by atoms with Crippen LogP contribution in [0.4, 0.5) is 0 Å². The zero-order chi connectivity index (χ0) is 61.6. The van der Waals surface area contributed by atoms with Crippen LogP contribution in [-0.2, 0) is 23.7 Å². The van der Waals surface area contributed by atoms with E-state index in [9.17, 15) is 45.6 Å². The molecule has 1 amide bonds. The van der Waals surface area contributed by atoms with Gasteiger partial charge in [0.2, 0.25) is 5.91 Å². The average molecular weight is 1210 g/mol. The van der Waals surface area contributed by atoms with Crippen molar-refractivity contribution in [1.29, 1.82) is 0 Å². The van der Waals surface area contributed by atoms with Gasteiger partial charge in [0.1, 0.15) is 48.8 Å². The Morgan fingerprint density at radius 1 is 0.376 bits per heavy atom. The Hall–Kier alpha value is -1.01. The molecule has 9 N–H and O–H groups in total. The highest BCUT2D eigenvalue weighted by atomic mass is 16.7. The minimum absolute atomic E-state index is 0.198. The lowest BCUT2D eigenvalue weighted by atomic mass is 9.97. The fraction of sp³-hybridized carbons (Fsp3) is 0.986. The van der Waals surface area contributed by atoms with E-state index in [1.165, 1.54) is 276 Å². The first-order valence-corrected chi connectivity index (χ1v) is 36.8. The summed E-state index contributed by atoms with van der Waals surface area (Å²) in [5.74, 6) is -0.198. The Labute approximate surface area is 521 Å². The summed E-state index contributed by atoms with van der Waals surface area (Å²) in [5.41, 5.74) is 0. The molecule has 506 valence electrons. The third-order valence-electron chi connectivity index (χ3n) is 18.6. The number of carbonyl (C=O) groups excluding carboxylic acids is 1. The number of amides is 1. The van der Waals surface area contributed by atoms with E-state index in [1.54, 1.807) is 0 Å². The quantitative estimate of drug-likeness (QED) is 0.0259. The van der Waals surface area contributed by atoms with Gasteiger partial charge < -0.3 is 65.1 Å². The van der Waals surface area contributed by atoms with Crippen LogP contribution in [-0.4, -0.2) is 140 Å². The average Bonchev–Trinajstić information content (AvgIpc) is 3.71. The van der Waals surface area contributed by atoms with E-state index in [-0.39, 0.29) is 12.5 Å². The van der Waals surface area contributed by atoms with Gasteiger partial charge in [0, 0.05) is 6.42 Å². The third-order valence-corrected chi connectivity index (χ3v) is 18.6. The van der Waals surface area contributed by atoms with Crippen LogP contribution in [0.15, 0.2) is 0 Å². The van der Waals surface area contributed by atoms with Crippen molar-refractivity contribution >= 4 is 5.91 Å². The first-order chi connectivity index (χ1) is 41.6. The van der Waals surface area contributed by atoms with Crippen LogP contribution in [0.3, 0.4) is 0 Å². The molecule has 14 nitrogen and oxygen atoms in total. The van der Waals surface area contributed by atoms with Crippen LogP contribution in [0.1, 0.15) is 354 Å². The highest BCUT2D eigenvalue weighted by Gasteiger charge is 2.51. The number of carbonyl (C=O) groups is 1. The fourth-order valence-corrected chi connectivity index (χ4v) is 12.7. The molecule has 0 aromatic heterocycles. The zero-order valence-corrected chi connectivity index (χ0v) is 55.1. The molecule has 12 atom stereocenters. The van der Waals surface area contributed by atoms with Gasteiger partial charge in [0.15, 0.2) is 12.6 Å². The number of hydrogen-bond acceptors (Lipinski definition) is 13. The number of hydrogen-bond donors (Lipinski definition) is 9. The van der Waals surface area contributed by atoms with Gasteiger partial charge in [-0.05, 0) is 12.8 Å². The van der Waals surface area contributed by atoms with Crippen LogP contribution in [0, 0.1) is 0 Å². The van der Waals surface area contributed by atoms with Gasteiger partial charge >= 0.3 is 0 Å². The van der Waals surface area contributed by atoms with Crippen molar-refractivity contribution in [3.63, 3.8) is 0 Å². The first kappa shape index (κ1) is 80.1. The van der Waals surface area contributed by atoms with E-state index < -0.39 is 86.8 Å². The molecule has 2 rings (SSSR count). The molecular formula is C71H139NO13. The smallest absolute Gasteiger partial charge is 0.220 e. The van der Waals surface area contributed by atoms with Crippen LogP contribution < -0.4 is 5.32 Å². The number of rotatable bonds is 62. The van der Waals surface area contributed by atoms with Crippen LogP contribution in [0.2, 0.25) is 0 Å². The minimum atomic E-state index is -1.78. The molecule has 14 heteroatoms. The van der Waals surface area contributed by atoms with Crippen LogP contribution >= 0.6 is 0 Å². The van der Waals surface area contributed by atoms with E-state index in [1.807, 2.05) is 0 Å². The highest BCUT2D eigenvalue weighted by Crippen LogP contribution is 2.30. The summed E-state index contributed by atoms with van der Waals surface area (Å²) in [6, 6.07) is -0.823. The molecular weight excluding hydrogens is 1070 g/mol. The van der Waals surface area contributed by atoms with Gasteiger partial charge in [0.25, 0.3) is 0 Å². The number of aliphatic hydroxyl groups excluding tert-OH is 8.